The highest BCUT2D eigenvalue weighted by Gasteiger charge is 2.18. The van der Waals surface area contributed by atoms with E-state index in [2.05, 4.69) is 22.2 Å². The predicted molar refractivity (Wildman–Crippen MR) is 74.3 cm³/mol. The van der Waals surface area contributed by atoms with Gasteiger partial charge < -0.3 is 5.32 Å². The van der Waals surface area contributed by atoms with Gasteiger partial charge in [-0.05, 0) is 38.7 Å². The molecule has 0 unspecified atom stereocenters. The predicted octanol–water partition coefficient (Wildman–Crippen LogP) is 3.23. The number of hydrogen-bond donors (Lipinski definition) is 1. The molecule has 1 N–H and O–H groups in total. The highest BCUT2D eigenvalue weighted by molar-refractivity contribution is 5.01. The van der Waals surface area contributed by atoms with Crippen molar-refractivity contribution in [3.05, 3.63) is 23.8 Å². The van der Waals surface area contributed by atoms with Crippen molar-refractivity contribution < 1.29 is 0 Å². The van der Waals surface area contributed by atoms with E-state index in [-0.39, 0.29) is 0 Å². The first-order valence-corrected chi connectivity index (χ1v) is 7.27. The molecular formula is C15H25N3. The van der Waals surface area contributed by atoms with Gasteiger partial charge in [-0.3, -0.25) is 0 Å². The zero-order chi connectivity index (χ0) is 12.8. The Hall–Kier alpha value is -0.960. The second-order valence-corrected chi connectivity index (χ2v) is 5.52. The van der Waals surface area contributed by atoms with Crippen LogP contribution in [0.1, 0.15) is 57.0 Å². The lowest BCUT2D eigenvalue weighted by Crippen LogP contribution is -2.33. The Balaban J connectivity index is 1.81. The summed E-state index contributed by atoms with van der Waals surface area (Å²) in [6.07, 6.45) is 10.3. The third kappa shape index (κ3) is 4.05. The molecule has 1 saturated carbocycles. The lowest BCUT2D eigenvalue weighted by molar-refractivity contribution is 0.335. The summed E-state index contributed by atoms with van der Waals surface area (Å²) in [6.45, 7) is 5.13. The number of nitrogens with one attached hydrogen (secondary N) is 1. The van der Waals surface area contributed by atoms with Crippen molar-refractivity contribution >= 4 is 0 Å². The van der Waals surface area contributed by atoms with Gasteiger partial charge in [0.25, 0.3) is 0 Å². The summed E-state index contributed by atoms with van der Waals surface area (Å²) in [7, 11) is 0. The molecule has 18 heavy (non-hydrogen) atoms. The van der Waals surface area contributed by atoms with Gasteiger partial charge in [-0.2, -0.15) is 0 Å². The van der Waals surface area contributed by atoms with Crippen LogP contribution >= 0.6 is 0 Å². The van der Waals surface area contributed by atoms with Gasteiger partial charge in [-0.15, -0.1) is 0 Å². The molecule has 2 rings (SSSR count). The number of hydrogen-bond acceptors (Lipinski definition) is 3. The average Bonchev–Trinajstić information content (AvgIpc) is 2.65. The first-order chi connectivity index (χ1) is 8.75. The van der Waals surface area contributed by atoms with Crippen molar-refractivity contribution in [2.24, 2.45) is 5.92 Å². The molecule has 0 spiro atoms. The normalized spacial score (nSPS) is 19.4. The molecule has 0 bridgehead atoms. The molecule has 1 atom stereocenters. The molecule has 0 aliphatic heterocycles. The smallest absolute Gasteiger partial charge is 0.125 e. The maximum absolute atomic E-state index is 4.44. The largest absolute Gasteiger partial charge is 0.308 e. The summed E-state index contributed by atoms with van der Waals surface area (Å²) in [5, 5.41) is 3.63. The first kappa shape index (κ1) is 13.5. The van der Waals surface area contributed by atoms with Crippen LogP contribution in [0.3, 0.4) is 0 Å². The van der Waals surface area contributed by atoms with Crippen LogP contribution in [0.2, 0.25) is 0 Å². The fourth-order valence-corrected chi connectivity index (χ4v) is 2.85. The Labute approximate surface area is 110 Å². The van der Waals surface area contributed by atoms with E-state index in [1.54, 1.807) is 0 Å². The van der Waals surface area contributed by atoms with E-state index in [0.29, 0.717) is 6.04 Å². The van der Waals surface area contributed by atoms with E-state index < -0.39 is 0 Å². The molecule has 0 saturated heterocycles. The van der Waals surface area contributed by atoms with Crippen molar-refractivity contribution in [3.8, 4) is 0 Å². The van der Waals surface area contributed by atoms with Crippen LogP contribution in [-0.2, 0) is 6.54 Å². The minimum atomic E-state index is 0.596. The summed E-state index contributed by atoms with van der Waals surface area (Å²) in [5.41, 5.74) is 1.10. The Morgan fingerprint density at radius 1 is 1.28 bits per heavy atom. The van der Waals surface area contributed by atoms with Crippen LogP contribution in [-0.4, -0.2) is 16.0 Å². The summed E-state index contributed by atoms with van der Waals surface area (Å²) in [6, 6.07) is 2.60. The van der Waals surface area contributed by atoms with Crippen LogP contribution in [0.25, 0.3) is 0 Å². The summed E-state index contributed by atoms with van der Waals surface area (Å²) < 4.78 is 0. The molecule has 3 nitrogen and oxygen atoms in total. The third-order valence-corrected chi connectivity index (χ3v) is 4.05. The van der Waals surface area contributed by atoms with Crippen molar-refractivity contribution in [1.29, 1.82) is 0 Å². The van der Waals surface area contributed by atoms with Crippen LogP contribution in [0, 0.1) is 12.8 Å². The topological polar surface area (TPSA) is 37.8 Å². The Bertz CT molecular complexity index is 357. The van der Waals surface area contributed by atoms with E-state index in [0.717, 1.165) is 24.0 Å². The van der Waals surface area contributed by atoms with Gasteiger partial charge in [0, 0.05) is 18.8 Å². The van der Waals surface area contributed by atoms with Gasteiger partial charge in [0.15, 0.2) is 0 Å². The van der Waals surface area contributed by atoms with Gasteiger partial charge in [0.1, 0.15) is 5.82 Å². The summed E-state index contributed by atoms with van der Waals surface area (Å²) >= 11 is 0. The summed E-state index contributed by atoms with van der Waals surface area (Å²) in [5.74, 6) is 1.70. The quantitative estimate of drug-likeness (QED) is 0.830. The van der Waals surface area contributed by atoms with Crippen LogP contribution in [0.5, 0.6) is 0 Å². The molecule has 1 aliphatic carbocycles. The van der Waals surface area contributed by atoms with E-state index in [1.807, 2.05) is 19.2 Å². The molecule has 1 fully saturated rings. The molecule has 3 heteroatoms. The highest BCUT2D eigenvalue weighted by Crippen LogP contribution is 2.25. The monoisotopic (exact) mass is 247 g/mol. The van der Waals surface area contributed by atoms with E-state index >= 15 is 0 Å². The number of aromatic nitrogens is 2. The van der Waals surface area contributed by atoms with Crippen LogP contribution < -0.4 is 5.32 Å². The Morgan fingerprint density at radius 3 is 2.67 bits per heavy atom. The van der Waals surface area contributed by atoms with Gasteiger partial charge in [-0.1, -0.05) is 25.7 Å². The van der Waals surface area contributed by atoms with Gasteiger partial charge >= 0.3 is 0 Å². The second-order valence-electron chi connectivity index (χ2n) is 5.52. The minimum Gasteiger partial charge on any atom is -0.308 e. The zero-order valence-corrected chi connectivity index (χ0v) is 11.7. The highest BCUT2D eigenvalue weighted by atomic mass is 14.9. The minimum absolute atomic E-state index is 0.596. The van der Waals surface area contributed by atoms with Gasteiger partial charge in [0.05, 0.1) is 5.69 Å². The molecule has 0 amide bonds. The summed E-state index contributed by atoms with van der Waals surface area (Å²) in [4.78, 5) is 8.57. The van der Waals surface area contributed by atoms with Gasteiger partial charge in [0.2, 0.25) is 0 Å². The molecule has 1 heterocycles. The first-order valence-electron chi connectivity index (χ1n) is 7.27. The van der Waals surface area contributed by atoms with Crippen molar-refractivity contribution in [3.63, 3.8) is 0 Å². The number of rotatable bonds is 4. The zero-order valence-electron chi connectivity index (χ0n) is 11.7. The standard InChI is InChI=1S/C15H25N3/c1-12(14-7-5-3-4-6-8-14)17-11-15-9-10-16-13(2)18-15/h9-10,12,14,17H,3-8,11H2,1-2H3/t12-/m1/s1. The lowest BCUT2D eigenvalue weighted by Gasteiger charge is -2.23. The maximum Gasteiger partial charge on any atom is 0.125 e. The fourth-order valence-electron chi connectivity index (χ4n) is 2.85. The fraction of sp³-hybridized carbons (Fsp3) is 0.733. The molecular weight excluding hydrogens is 222 g/mol. The van der Waals surface area contributed by atoms with E-state index in [1.165, 1.54) is 38.5 Å². The van der Waals surface area contributed by atoms with E-state index in [9.17, 15) is 0 Å². The van der Waals surface area contributed by atoms with Crippen molar-refractivity contribution in [1.82, 2.24) is 15.3 Å². The van der Waals surface area contributed by atoms with Crippen LogP contribution in [0.15, 0.2) is 12.3 Å². The van der Waals surface area contributed by atoms with Crippen LogP contribution in [0.4, 0.5) is 0 Å². The molecule has 0 radical (unpaired) electrons. The second kappa shape index (κ2) is 6.83. The Kier molecular flexibility index (Phi) is 5.12. The van der Waals surface area contributed by atoms with Crippen molar-refractivity contribution in [2.45, 2.75) is 65.0 Å². The number of nitrogens with zero attached hydrogens (tertiary/aromatic N) is 2. The SMILES string of the molecule is Cc1nccc(CN[C@H](C)C2CCCCCC2)n1. The van der Waals surface area contributed by atoms with Crippen molar-refractivity contribution in [2.75, 3.05) is 0 Å². The third-order valence-electron chi connectivity index (χ3n) is 4.05. The Morgan fingerprint density at radius 2 is 2.00 bits per heavy atom. The average molecular weight is 247 g/mol. The maximum atomic E-state index is 4.44. The van der Waals surface area contributed by atoms with E-state index in [4.69, 9.17) is 0 Å². The molecule has 1 aromatic heterocycles. The molecule has 100 valence electrons. The molecule has 1 aromatic rings. The molecule has 0 aromatic carbocycles. The lowest BCUT2D eigenvalue weighted by atomic mass is 9.93. The molecule has 1 aliphatic rings. The number of aryl methyl sites for hydroxylation is 1. The van der Waals surface area contributed by atoms with Gasteiger partial charge in [-0.25, -0.2) is 9.97 Å².